The Hall–Kier alpha value is -0.790. The molecule has 1 N–H and O–H groups in total. The molecule has 0 saturated heterocycles. The minimum absolute atomic E-state index is 0.129. The highest BCUT2D eigenvalue weighted by atomic mass is 35.5. The van der Waals surface area contributed by atoms with Crippen LogP contribution in [0.15, 0.2) is 23.1 Å². The van der Waals surface area contributed by atoms with Gasteiger partial charge in [0.1, 0.15) is 4.90 Å². The quantitative estimate of drug-likeness (QED) is 0.846. The Kier molecular flexibility index (Phi) is 6.07. The standard InChI is InChI=1S/C13H17ClF3NO2S/c1-3-9(4-2)8-18-21(19,20)12-7-10(13(15,16)17)5-6-11(12)14/h5-7,9,18H,3-4,8H2,1-2H3. The second-order valence-corrected chi connectivity index (χ2v) is 6.82. The van der Waals surface area contributed by atoms with Gasteiger partial charge in [0.05, 0.1) is 10.6 Å². The van der Waals surface area contributed by atoms with Gasteiger partial charge >= 0.3 is 6.18 Å². The lowest BCUT2D eigenvalue weighted by atomic mass is 10.0. The number of alkyl halides is 3. The third-order valence-corrected chi connectivity index (χ3v) is 5.17. The van der Waals surface area contributed by atoms with E-state index in [4.69, 9.17) is 11.6 Å². The largest absolute Gasteiger partial charge is 0.416 e. The molecule has 0 aromatic heterocycles. The molecule has 0 atom stereocenters. The zero-order valence-corrected chi connectivity index (χ0v) is 13.2. The van der Waals surface area contributed by atoms with E-state index in [2.05, 4.69) is 4.72 Å². The first-order chi connectivity index (χ1) is 9.61. The van der Waals surface area contributed by atoms with Crippen LogP contribution in [0.25, 0.3) is 0 Å². The molecule has 0 saturated carbocycles. The molecule has 0 fully saturated rings. The summed E-state index contributed by atoms with van der Waals surface area (Å²) in [6.45, 7) is 4.00. The van der Waals surface area contributed by atoms with Crippen LogP contribution in [0.3, 0.4) is 0 Å². The Labute approximate surface area is 127 Å². The van der Waals surface area contributed by atoms with Crippen molar-refractivity contribution in [3.8, 4) is 0 Å². The molecule has 0 aliphatic heterocycles. The normalized spacial score (nSPS) is 12.9. The highest BCUT2D eigenvalue weighted by Crippen LogP contribution is 2.33. The van der Waals surface area contributed by atoms with Gasteiger partial charge in [0.15, 0.2) is 0 Å². The topological polar surface area (TPSA) is 46.2 Å². The molecule has 1 rings (SSSR count). The lowest BCUT2D eigenvalue weighted by Crippen LogP contribution is -2.29. The maximum Gasteiger partial charge on any atom is 0.416 e. The maximum absolute atomic E-state index is 12.7. The number of halogens is 4. The molecule has 0 amide bonds. The summed E-state index contributed by atoms with van der Waals surface area (Å²) in [4.78, 5) is -0.551. The Morgan fingerprint density at radius 3 is 2.29 bits per heavy atom. The second-order valence-electron chi connectivity index (χ2n) is 4.68. The first-order valence-corrected chi connectivity index (χ1v) is 8.34. The monoisotopic (exact) mass is 343 g/mol. The highest BCUT2D eigenvalue weighted by Gasteiger charge is 2.32. The van der Waals surface area contributed by atoms with Crippen molar-refractivity contribution >= 4 is 21.6 Å². The Bertz CT molecular complexity index is 584. The number of rotatable bonds is 6. The van der Waals surface area contributed by atoms with Gasteiger partial charge in [0.25, 0.3) is 0 Å². The fourth-order valence-corrected chi connectivity index (χ4v) is 3.41. The minimum Gasteiger partial charge on any atom is -0.211 e. The van der Waals surface area contributed by atoms with Crippen molar-refractivity contribution < 1.29 is 21.6 Å². The molecular weight excluding hydrogens is 327 g/mol. The smallest absolute Gasteiger partial charge is 0.211 e. The number of benzene rings is 1. The van der Waals surface area contributed by atoms with Gasteiger partial charge in [0.2, 0.25) is 10.0 Å². The molecule has 120 valence electrons. The molecule has 0 aliphatic rings. The fraction of sp³-hybridized carbons (Fsp3) is 0.538. The maximum atomic E-state index is 12.7. The van der Waals surface area contributed by atoms with Crippen LogP contribution in [-0.2, 0) is 16.2 Å². The number of hydrogen-bond donors (Lipinski definition) is 1. The summed E-state index contributed by atoms with van der Waals surface area (Å²) in [6.07, 6.45) is -3.07. The zero-order chi connectivity index (χ0) is 16.3. The molecule has 0 aliphatic carbocycles. The SMILES string of the molecule is CCC(CC)CNS(=O)(=O)c1cc(C(F)(F)F)ccc1Cl. The van der Waals surface area contributed by atoms with Crippen molar-refractivity contribution in [3.63, 3.8) is 0 Å². The van der Waals surface area contributed by atoms with Crippen LogP contribution in [0.5, 0.6) is 0 Å². The van der Waals surface area contributed by atoms with E-state index in [0.717, 1.165) is 25.0 Å². The first-order valence-electron chi connectivity index (χ1n) is 6.48. The van der Waals surface area contributed by atoms with Crippen LogP contribution in [0.1, 0.15) is 32.3 Å². The van der Waals surface area contributed by atoms with Crippen LogP contribution >= 0.6 is 11.6 Å². The van der Waals surface area contributed by atoms with E-state index >= 15 is 0 Å². The highest BCUT2D eigenvalue weighted by molar-refractivity contribution is 7.89. The summed E-state index contributed by atoms with van der Waals surface area (Å²) >= 11 is 5.73. The van der Waals surface area contributed by atoms with E-state index < -0.39 is 26.7 Å². The number of hydrogen-bond acceptors (Lipinski definition) is 2. The summed E-state index contributed by atoms with van der Waals surface area (Å²) < 4.78 is 64.5. The van der Waals surface area contributed by atoms with Crippen LogP contribution in [0, 0.1) is 5.92 Å². The predicted octanol–water partition coefficient (Wildman–Crippen LogP) is 4.07. The molecule has 1 aromatic rings. The van der Waals surface area contributed by atoms with Crippen molar-refractivity contribution in [2.45, 2.75) is 37.8 Å². The lowest BCUT2D eigenvalue weighted by Gasteiger charge is -2.15. The molecule has 0 spiro atoms. The molecule has 0 heterocycles. The molecule has 0 radical (unpaired) electrons. The Morgan fingerprint density at radius 2 is 1.81 bits per heavy atom. The van der Waals surface area contributed by atoms with Crippen molar-refractivity contribution in [1.82, 2.24) is 4.72 Å². The van der Waals surface area contributed by atoms with Gasteiger partial charge in [-0.1, -0.05) is 38.3 Å². The average molecular weight is 344 g/mol. The van der Waals surface area contributed by atoms with Crippen molar-refractivity contribution in [1.29, 1.82) is 0 Å². The van der Waals surface area contributed by atoms with Gasteiger partial charge in [0, 0.05) is 6.54 Å². The first kappa shape index (κ1) is 18.3. The van der Waals surface area contributed by atoms with Crippen LogP contribution in [0.4, 0.5) is 13.2 Å². The van der Waals surface area contributed by atoms with Crippen molar-refractivity contribution in [3.05, 3.63) is 28.8 Å². The average Bonchev–Trinajstić information content (AvgIpc) is 2.38. The van der Waals surface area contributed by atoms with Crippen LogP contribution in [-0.4, -0.2) is 15.0 Å². The van der Waals surface area contributed by atoms with Crippen molar-refractivity contribution in [2.75, 3.05) is 6.54 Å². The molecule has 0 unspecified atom stereocenters. The van der Waals surface area contributed by atoms with Gasteiger partial charge < -0.3 is 0 Å². The molecule has 3 nitrogen and oxygen atoms in total. The zero-order valence-electron chi connectivity index (χ0n) is 11.7. The van der Waals surface area contributed by atoms with E-state index in [-0.39, 0.29) is 17.5 Å². The third-order valence-electron chi connectivity index (χ3n) is 3.26. The summed E-state index contributed by atoms with van der Waals surface area (Å²) in [5, 5.41) is -0.236. The van der Waals surface area contributed by atoms with E-state index in [1.165, 1.54) is 0 Å². The summed E-state index contributed by atoms with van der Waals surface area (Å²) in [6, 6.07) is 2.25. The van der Waals surface area contributed by atoms with Crippen LogP contribution in [0.2, 0.25) is 5.02 Å². The summed E-state index contributed by atoms with van der Waals surface area (Å²) in [5.41, 5.74) is -1.05. The van der Waals surface area contributed by atoms with Crippen LogP contribution < -0.4 is 4.72 Å². The van der Waals surface area contributed by atoms with Crippen molar-refractivity contribution in [2.24, 2.45) is 5.92 Å². The fourth-order valence-electron chi connectivity index (χ4n) is 1.77. The second kappa shape index (κ2) is 6.98. The van der Waals surface area contributed by atoms with E-state index in [0.29, 0.717) is 6.07 Å². The number of nitrogens with one attached hydrogen (secondary N) is 1. The Balaban J connectivity index is 3.08. The van der Waals surface area contributed by atoms with E-state index in [1.54, 1.807) is 0 Å². The number of sulfonamides is 1. The molecule has 1 aromatic carbocycles. The van der Waals surface area contributed by atoms with Gasteiger partial charge in [-0.05, 0) is 24.1 Å². The third kappa shape index (κ3) is 4.86. The summed E-state index contributed by atoms with van der Waals surface area (Å²) in [7, 11) is -4.07. The van der Waals surface area contributed by atoms with Gasteiger partial charge in [-0.3, -0.25) is 0 Å². The summed E-state index contributed by atoms with van der Waals surface area (Å²) in [5.74, 6) is 0.129. The Morgan fingerprint density at radius 1 is 1.24 bits per heavy atom. The van der Waals surface area contributed by atoms with Gasteiger partial charge in [-0.15, -0.1) is 0 Å². The minimum atomic E-state index is -4.62. The van der Waals surface area contributed by atoms with Gasteiger partial charge in [-0.2, -0.15) is 13.2 Å². The van der Waals surface area contributed by atoms with E-state index in [9.17, 15) is 21.6 Å². The lowest BCUT2D eigenvalue weighted by molar-refractivity contribution is -0.137. The predicted molar refractivity (Wildman–Crippen MR) is 75.7 cm³/mol. The molecular formula is C13H17ClF3NO2S. The molecule has 21 heavy (non-hydrogen) atoms. The molecule has 8 heteroatoms. The van der Waals surface area contributed by atoms with Gasteiger partial charge in [-0.25, -0.2) is 13.1 Å². The molecule has 0 bridgehead atoms. The van der Waals surface area contributed by atoms with E-state index in [1.807, 2.05) is 13.8 Å².